The molecule has 8 heteroatoms. The number of sulfonamides is 1. The van der Waals surface area contributed by atoms with Gasteiger partial charge in [-0.3, -0.25) is 14.8 Å². The van der Waals surface area contributed by atoms with Crippen molar-refractivity contribution in [1.82, 2.24) is 4.98 Å². The van der Waals surface area contributed by atoms with Gasteiger partial charge in [-0.1, -0.05) is 71.5 Å². The van der Waals surface area contributed by atoms with Crippen molar-refractivity contribution in [1.29, 1.82) is 0 Å². The summed E-state index contributed by atoms with van der Waals surface area (Å²) in [7, 11) is -3.77. The van der Waals surface area contributed by atoms with Gasteiger partial charge in [0.2, 0.25) is 0 Å². The zero-order valence-corrected chi connectivity index (χ0v) is 20.2. The molecule has 0 saturated carbocycles. The molecule has 0 fully saturated rings. The molecule has 35 heavy (non-hydrogen) atoms. The number of nitrogens with zero attached hydrogens (tertiary/aromatic N) is 1. The Hall–Kier alpha value is -4.01. The molecule has 0 spiro atoms. The Bertz CT molecular complexity index is 1680. The van der Waals surface area contributed by atoms with Gasteiger partial charge in [0.25, 0.3) is 15.9 Å². The van der Waals surface area contributed by atoms with Gasteiger partial charge in [-0.15, -0.1) is 0 Å². The second-order valence-corrected chi connectivity index (χ2v) is 11.0. The molecule has 4 aromatic carbocycles. The van der Waals surface area contributed by atoms with Gasteiger partial charge in [-0.2, -0.15) is 0 Å². The van der Waals surface area contributed by atoms with E-state index in [0.29, 0.717) is 16.4 Å². The van der Waals surface area contributed by atoms with Gasteiger partial charge in [-0.05, 0) is 48.0 Å². The van der Waals surface area contributed by atoms with E-state index in [1.807, 2.05) is 25.1 Å². The smallest absolute Gasteiger partial charge is 0.261 e. The van der Waals surface area contributed by atoms with E-state index in [2.05, 4.69) is 28.2 Å². The average Bonchev–Trinajstić information content (AvgIpc) is 3.38. The predicted octanol–water partition coefficient (Wildman–Crippen LogP) is 6.31. The minimum Gasteiger partial charge on any atom is -0.298 e. The van der Waals surface area contributed by atoms with Crippen LogP contribution in [0.25, 0.3) is 32.5 Å². The Kier molecular flexibility index (Phi) is 4.94. The zero-order valence-electron chi connectivity index (χ0n) is 18.6. The summed E-state index contributed by atoms with van der Waals surface area (Å²) in [4.78, 5) is 18.9. The van der Waals surface area contributed by atoms with Crippen LogP contribution in [0.5, 0.6) is 0 Å². The molecule has 6 rings (SSSR count). The van der Waals surface area contributed by atoms with Crippen LogP contribution in [0.4, 0.5) is 10.8 Å². The second-order valence-electron chi connectivity index (χ2n) is 8.36. The van der Waals surface area contributed by atoms with E-state index in [9.17, 15) is 13.2 Å². The molecule has 1 amide bonds. The Labute approximate surface area is 206 Å². The molecule has 0 aliphatic heterocycles. The van der Waals surface area contributed by atoms with Crippen molar-refractivity contribution >= 4 is 48.9 Å². The number of carbonyl (C=O) groups is 1. The van der Waals surface area contributed by atoms with Crippen LogP contribution in [0.15, 0.2) is 89.8 Å². The van der Waals surface area contributed by atoms with Crippen LogP contribution in [0.1, 0.15) is 15.9 Å². The maximum absolute atomic E-state index is 13.0. The lowest BCUT2D eigenvalue weighted by Crippen LogP contribution is -2.15. The van der Waals surface area contributed by atoms with Crippen molar-refractivity contribution in [3.05, 3.63) is 96.1 Å². The number of fused-ring (bicyclic) bond motifs is 3. The normalized spacial score (nSPS) is 11.9. The summed E-state index contributed by atoms with van der Waals surface area (Å²) in [5, 5.41) is 5.72. The van der Waals surface area contributed by atoms with Crippen molar-refractivity contribution in [2.24, 2.45) is 0 Å². The Morgan fingerprint density at radius 1 is 0.886 bits per heavy atom. The summed E-state index contributed by atoms with van der Waals surface area (Å²) in [5.74, 6) is -0.361. The number of hydrogen-bond acceptors (Lipinski definition) is 5. The number of aromatic nitrogens is 1. The first kappa shape index (κ1) is 21.5. The van der Waals surface area contributed by atoms with E-state index in [1.54, 1.807) is 42.5 Å². The molecule has 0 bridgehead atoms. The quantitative estimate of drug-likeness (QED) is 0.292. The van der Waals surface area contributed by atoms with Gasteiger partial charge in [0.05, 0.1) is 15.5 Å². The van der Waals surface area contributed by atoms with Gasteiger partial charge in [0, 0.05) is 22.4 Å². The molecule has 2 N–H and O–H groups in total. The molecular formula is C27H19N3O3S2. The summed E-state index contributed by atoms with van der Waals surface area (Å²) in [5.41, 5.74) is 4.66. The van der Waals surface area contributed by atoms with E-state index >= 15 is 0 Å². The maximum atomic E-state index is 13.0. The van der Waals surface area contributed by atoms with Crippen LogP contribution in [0.3, 0.4) is 0 Å². The number of thiazole rings is 1. The highest BCUT2D eigenvalue weighted by Gasteiger charge is 2.26. The number of anilines is 2. The topological polar surface area (TPSA) is 88.2 Å². The minimum absolute atomic E-state index is 0.158. The van der Waals surface area contributed by atoms with Gasteiger partial charge in [0.1, 0.15) is 0 Å². The van der Waals surface area contributed by atoms with Crippen LogP contribution in [-0.4, -0.2) is 19.3 Å². The first-order valence-electron chi connectivity index (χ1n) is 10.9. The monoisotopic (exact) mass is 497 g/mol. The molecule has 1 aliphatic carbocycles. The lowest BCUT2D eigenvalue weighted by Gasteiger charge is -2.10. The Morgan fingerprint density at radius 2 is 1.60 bits per heavy atom. The molecule has 0 unspecified atom stereocenters. The van der Waals surface area contributed by atoms with Crippen molar-refractivity contribution in [3.8, 4) is 21.7 Å². The maximum Gasteiger partial charge on any atom is 0.261 e. The number of carbonyl (C=O) groups excluding carboxylic acids is 1. The van der Waals surface area contributed by atoms with E-state index in [-0.39, 0.29) is 10.8 Å². The molecule has 1 aliphatic rings. The fourth-order valence-electron chi connectivity index (χ4n) is 4.29. The Morgan fingerprint density at radius 3 is 2.37 bits per heavy atom. The van der Waals surface area contributed by atoms with E-state index < -0.39 is 10.0 Å². The first-order valence-corrected chi connectivity index (χ1v) is 13.2. The van der Waals surface area contributed by atoms with Crippen LogP contribution >= 0.6 is 11.3 Å². The van der Waals surface area contributed by atoms with Crippen molar-refractivity contribution in [2.75, 3.05) is 10.0 Å². The van der Waals surface area contributed by atoms with Crippen LogP contribution in [0, 0.1) is 6.92 Å². The lowest BCUT2D eigenvalue weighted by molar-refractivity contribution is 0.102. The van der Waals surface area contributed by atoms with Gasteiger partial charge < -0.3 is 0 Å². The highest BCUT2D eigenvalue weighted by Crippen LogP contribution is 2.50. The van der Waals surface area contributed by atoms with E-state index in [1.165, 1.54) is 28.2 Å². The van der Waals surface area contributed by atoms with Crippen LogP contribution in [0.2, 0.25) is 0 Å². The first-order chi connectivity index (χ1) is 16.9. The minimum atomic E-state index is -3.77. The second kappa shape index (κ2) is 8.04. The third-order valence-corrected chi connectivity index (χ3v) is 8.36. The number of rotatable bonds is 5. The summed E-state index contributed by atoms with van der Waals surface area (Å²) >= 11 is 1.43. The molecule has 172 valence electrons. The highest BCUT2D eigenvalue weighted by molar-refractivity contribution is 7.92. The Balaban J connectivity index is 1.24. The van der Waals surface area contributed by atoms with E-state index in [0.717, 1.165) is 27.3 Å². The van der Waals surface area contributed by atoms with E-state index in [4.69, 9.17) is 4.98 Å². The standard InChI is InChI=1S/C27H19N3O3S2/c1-16-11-13-20(14-12-16)35(32,33)30-19-8-2-7-18(15-19)26(31)29-27-28-24-21-9-3-5-17-6-4-10-22(23(17)21)25(24)34-27/h2-15,30H,1H3,(H,28,29,31). The summed E-state index contributed by atoms with van der Waals surface area (Å²) < 4.78 is 28.0. The molecule has 0 atom stereocenters. The SMILES string of the molecule is Cc1ccc(S(=O)(=O)Nc2cccc(C(=O)Nc3nc4c(s3)-c3cccc5cccc-4c35)c2)cc1. The number of benzene rings is 4. The van der Waals surface area contributed by atoms with Crippen LogP contribution < -0.4 is 10.0 Å². The lowest BCUT2D eigenvalue weighted by atomic mass is 10.0. The fourth-order valence-corrected chi connectivity index (χ4v) is 6.35. The molecule has 1 aromatic heterocycles. The molecule has 6 nitrogen and oxygen atoms in total. The summed E-state index contributed by atoms with van der Waals surface area (Å²) in [6, 6.07) is 25.3. The largest absolute Gasteiger partial charge is 0.298 e. The zero-order chi connectivity index (χ0) is 24.2. The number of hydrogen-bond donors (Lipinski definition) is 2. The fraction of sp³-hybridized carbons (Fsp3) is 0.0370. The highest BCUT2D eigenvalue weighted by atomic mass is 32.2. The molecule has 0 radical (unpaired) electrons. The van der Waals surface area contributed by atoms with Crippen LogP contribution in [-0.2, 0) is 10.0 Å². The third-order valence-electron chi connectivity index (χ3n) is 5.96. The van der Waals surface area contributed by atoms with Gasteiger partial charge in [0.15, 0.2) is 5.13 Å². The average molecular weight is 498 g/mol. The molecule has 5 aromatic rings. The van der Waals surface area contributed by atoms with Gasteiger partial charge in [-0.25, -0.2) is 13.4 Å². The molecule has 1 heterocycles. The van der Waals surface area contributed by atoms with Crippen molar-refractivity contribution in [3.63, 3.8) is 0 Å². The predicted molar refractivity (Wildman–Crippen MR) is 140 cm³/mol. The van der Waals surface area contributed by atoms with Crippen molar-refractivity contribution in [2.45, 2.75) is 11.8 Å². The molecular weight excluding hydrogens is 478 g/mol. The third kappa shape index (κ3) is 3.77. The van der Waals surface area contributed by atoms with Crippen molar-refractivity contribution < 1.29 is 13.2 Å². The number of aryl methyl sites for hydroxylation is 1. The number of nitrogens with one attached hydrogen (secondary N) is 2. The summed E-state index contributed by atoms with van der Waals surface area (Å²) in [6.45, 7) is 1.89. The summed E-state index contributed by atoms with van der Waals surface area (Å²) in [6.07, 6.45) is 0. The molecule has 0 saturated heterocycles. The van der Waals surface area contributed by atoms with Gasteiger partial charge >= 0.3 is 0 Å². The number of amides is 1.